The Kier molecular flexibility index (Phi) is 3.32. The molecule has 0 radical (unpaired) electrons. The molecule has 1 amide bonds. The van der Waals surface area contributed by atoms with Gasteiger partial charge in [0.25, 0.3) is 0 Å². The molecule has 19 heavy (non-hydrogen) atoms. The number of ether oxygens (including phenoxy) is 2. The molecule has 0 heterocycles. The van der Waals surface area contributed by atoms with E-state index in [1.165, 1.54) is 25.7 Å². The first kappa shape index (κ1) is 12.3. The van der Waals surface area contributed by atoms with E-state index >= 15 is 0 Å². The fourth-order valence-electron chi connectivity index (χ4n) is 1.88. The molecule has 0 bridgehead atoms. The summed E-state index contributed by atoms with van der Waals surface area (Å²) in [5.41, 5.74) is 5.78. The van der Waals surface area contributed by atoms with Crippen LogP contribution in [0.25, 0.3) is 0 Å². The highest BCUT2D eigenvalue weighted by molar-refractivity contribution is 5.93. The zero-order chi connectivity index (χ0) is 13.2. The van der Waals surface area contributed by atoms with Crippen LogP contribution in [0.5, 0.6) is 11.5 Å². The van der Waals surface area contributed by atoms with Crippen molar-refractivity contribution in [3.05, 3.63) is 23.8 Å². The first-order chi connectivity index (χ1) is 9.20. The number of rotatable bonds is 7. The molecule has 0 aliphatic heterocycles. The van der Waals surface area contributed by atoms with Crippen molar-refractivity contribution in [1.29, 1.82) is 0 Å². The van der Waals surface area contributed by atoms with E-state index in [1.807, 2.05) is 6.07 Å². The van der Waals surface area contributed by atoms with Crippen molar-refractivity contribution in [2.75, 3.05) is 13.2 Å². The molecule has 102 valence electrons. The average Bonchev–Trinajstić information content (AvgIpc) is 3.28. The van der Waals surface area contributed by atoms with E-state index in [0.29, 0.717) is 42.1 Å². The van der Waals surface area contributed by atoms with Crippen LogP contribution < -0.4 is 15.2 Å². The third kappa shape index (κ3) is 3.63. The van der Waals surface area contributed by atoms with Crippen molar-refractivity contribution in [3.8, 4) is 11.5 Å². The molecule has 0 aromatic heterocycles. The summed E-state index contributed by atoms with van der Waals surface area (Å²) < 4.78 is 11.4. The van der Waals surface area contributed by atoms with E-state index < -0.39 is 5.91 Å². The van der Waals surface area contributed by atoms with Crippen molar-refractivity contribution in [2.45, 2.75) is 25.7 Å². The lowest BCUT2D eigenvalue weighted by Crippen LogP contribution is -2.12. The second-order valence-corrected chi connectivity index (χ2v) is 5.57. The van der Waals surface area contributed by atoms with E-state index in [-0.39, 0.29) is 0 Å². The number of benzene rings is 1. The normalized spacial score (nSPS) is 18.1. The zero-order valence-corrected chi connectivity index (χ0v) is 10.9. The second kappa shape index (κ2) is 5.11. The monoisotopic (exact) mass is 261 g/mol. The average molecular weight is 261 g/mol. The van der Waals surface area contributed by atoms with Crippen LogP contribution in [0.3, 0.4) is 0 Å². The standard InChI is InChI=1S/C15H19NO3/c16-15(17)12-5-13(18-8-10-1-2-10)7-14(6-12)19-9-11-3-4-11/h5-7,10-11H,1-4,8-9H2,(H2,16,17). The molecule has 2 N–H and O–H groups in total. The number of hydrogen-bond acceptors (Lipinski definition) is 3. The number of primary amides is 1. The maximum atomic E-state index is 11.3. The van der Waals surface area contributed by atoms with Gasteiger partial charge in [0.15, 0.2) is 0 Å². The molecule has 2 saturated carbocycles. The van der Waals surface area contributed by atoms with Gasteiger partial charge in [-0.15, -0.1) is 0 Å². The Morgan fingerprint density at radius 2 is 1.47 bits per heavy atom. The lowest BCUT2D eigenvalue weighted by atomic mass is 10.2. The fourth-order valence-corrected chi connectivity index (χ4v) is 1.88. The SMILES string of the molecule is NC(=O)c1cc(OCC2CC2)cc(OCC2CC2)c1. The maximum absolute atomic E-state index is 11.3. The lowest BCUT2D eigenvalue weighted by Gasteiger charge is -2.11. The summed E-state index contributed by atoms with van der Waals surface area (Å²) >= 11 is 0. The van der Waals surface area contributed by atoms with Gasteiger partial charge in [-0.25, -0.2) is 0 Å². The third-order valence-corrected chi connectivity index (χ3v) is 3.53. The van der Waals surface area contributed by atoms with E-state index in [1.54, 1.807) is 12.1 Å². The van der Waals surface area contributed by atoms with E-state index in [9.17, 15) is 4.79 Å². The quantitative estimate of drug-likeness (QED) is 0.819. The van der Waals surface area contributed by atoms with Gasteiger partial charge in [0.1, 0.15) is 11.5 Å². The summed E-state index contributed by atoms with van der Waals surface area (Å²) in [6.07, 6.45) is 4.95. The summed E-state index contributed by atoms with van der Waals surface area (Å²) in [6, 6.07) is 5.22. The van der Waals surface area contributed by atoms with Gasteiger partial charge < -0.3 is 15.2 Å². The summed E-state index contributed by atoms with van der Waals surface area (Å²) in [4.78, 5) is 11.3. The molecule has 1 aromatic carbocycles. The van der Waals surface area contributed by atoms with E-state index in [2.05, 4.69) is 0 Å². The van der Waals surface area contributed by atoms with Gasteiger partial charge in [0, 0.05) is 11.6 Å². The minimum Gasteiger partial charge on any atom is -0.493 e. The largest absolute Gasteiger partial charge is 0.493 e. The second-order valence-electron chi connectivity index (χ2n) is 5.57. The predicted octanol–water partition coefficient (Wildman–Crippen LogP) is 2.36. The molecule has 3 rings (SSSR count). The summed E-state index contributed by atoms with van der Waals surface area (Å²) in [5, 5.41) is 0. The number of carbonyl (C=O) groups is 1. The van der Waals surface area contributed by atoms with Crippen LogP contribution in [0, 0.1) is 11.8 Å². The molecule has 4 nitrogen and oxygen atoms in total. The van der Waals surface area contributed by atoms with Gasteiger partial charge in [0.2, 0.25) is 5.91 Å². The van der Waals surface area contributed by atoms with Crippen LogP contribution >= 0.6 is 0 Å². The highest BCUT2D eigenvalue weighted by Gasteiger charge is 2.23. The Hall–Kier alpha value is -1.71. The summed E-state index contributed by atoms with van der Waals surface area (Å²) in [6.45, 7) is 1.43. The van der Waals surface area contributed by atoms with Crippen molar-refractivity contribution < 1.29 is 14.3 Å². The summed E-state index contributed by atoms with van der Waals surface area (Å²) in [7, 11) is 0. The molecule has 1 aromatic rings. The Balaban J connectivity index is 1.69. The molecule has 2 aliphatic rings. The van der Waals surface area contributed by atoms with Crippen molar-refractivity contribution in [2.24, 2.45) is 17.6 Å². The summed E-state index contributed by atoms with van der Waals surface area (Å²) in [5.74, 6) is 2.25. The number of amides is 1. The van der Waals surface area contributed by atoms with Gasteiger partial charge >= 0.3 is 0 Å². The highest BCUT2D eigenvalue weighted by Crippen LogP contribution is 2.32. The highest BCUT2D eigenvalue weighted by atomic mass is 16.5. The maximum Gasteiger partial charge on any atom is 0.248 e. The Morgan fingerprint density at radius 1 is 1.00 bits per heavy atom. The lowest BCUT2D eigenvalue weighted by molar-refractivity contribution is 0.0999. The van der Waals surface area contributed by atoms with Crippen LogP contribution in [0.1, 0.15) is 36.0 Å². The topological polar surface area (TPSA) is 61.6 Å². The predicted molar refractivity (Wildman–Crippen MR) is 71.4 cm³/mol. The molecular weight excluding hydrogens is 242 g/mol. The zero-order valence-electron chi connectivity index (χ0n) is 10.9. The van der Waals surface area contributed by atoms with Crippen LogP contribution in [-0.4, -0.2) is 19.1 Å². The Labute approximate surface area is 112 Å². The van der Waals surface area contributed by atoms with Gasteiger partial charge in [0.05, 0.1) is 13.2 Å². The smallest absolute Gasteiger partial charge is 0.248 e. The number of carbonyl (C=O) groups excluding carboxylic acids is 1. The van der Waals surface area contributed by atoms with Crippen LogP contribution in [0.4, 0.5) is 0 Å². The molecular formula is C15H19NO3. The first-order valence-electron chi connectivity index (χ1n) is 6.91. The van der Waals surface area contributed by atoms with E-state index in [4.69, 9.17) is 15.2 Å². The van der Waals surface area contributed by atoms with Crippen LogP contribution in [0.15, 0.2) is 18.2 Å². The molecule has 0 unspecified atom stereocenters. The minimum atomic E-state index is -0.451. The van der Waals surface area contributed by atoms with Gasteiger partial charge in [-0.3, -0.25) is 4.79 Å². The van der Waals surface area contributed by atoms with Crippen LogP contribution in [0.2, 0.25) is 0 Å². The minimum absolute atomic E-state index is 0.444. The molecule has 2 fully saturated rings. The van der Waals surface area contributed by atoms with Crippen molar-refractivity contribution in [1.82, 2.24) is 0 Å². The van der Waals surface area contributed by atoms with E-state index in [0.717, 1.165) is 0 Å². The van der Waals surface area contributed by atoms with Crippen molar-refractivity contribution >= 4 is 5.91 Å². The fraction of sp³-hybridized carbons (Fsp3) is 0.533. The van der Waals surface area contributed by atoms with Crippen molar-refractivity contribution in [3.63, 3.8) is 0 Å². The number of nitrogens with two attached hydrogens (primary N) is 1. The molecule has 0 spiro atoms. The Morgan fingerprint density at radius 3 is 1.84 bits per heavy atom. The molecule has 0 saturated heterocycles. The van der Waals surface area contributed by atoms with Crippen LogP contribution in [-0.2, 0) is 0 Å². The first-order valence-corrected chi connectivity index (χ1v) is 6.91. The third-order valence-electron chi connectivity index (χ3n) is 3.53. The van der Waals surface area contributed by atoms with Gasteiger partial charge in [-0.05, 0) is 49.7 Å². The Bertz CT molecular complexity index is 444. The molecule has 0 atom stereocenters. The number of hydrogen-bond donors (Lipinski definition) is 1. The molecule has 4 heteroatoms. The van der Waals surface area contributed by atoms with Gasteiger partial charge in [-0.2, -0.15) is 0 Å². The molecule has 2 aliphatic carbocycles. The van der Waals surface area contributed by atoms with Gasteiger partial charge in [-0.1, -0.05) is 0 Å².